The summed E-state index contributed by atoms with van der Waals surface area (Å²) < 4.78 is 5.38. The summed E-state index contributed by atoms with van der Waals surface area (Å²) in [5, 5.41) is 0. The van der Waals surface area contributed by atoms with Gasteiger partial charge in [0.1, 0.15) is 5.60 Å². The van der Waals surface area contributed by atoms with Crippen LogP contribution in [0.2, 0.25) is 0 Å². The molecular formula is C11H18O2. The molecule has 1 aliphatic carbocycles. The lowest BCUT2D eigenvalue weighted by Crippen LogP contribution is -2.41. The van der Waals surface area contributed by atoms with Gasteiger partial charge in [-0.2, -0.15) is 0 Å². The maximum atomic E-state index is 11.0. The van der Waals surface area contributed by atoms with E-state index in [0.29, 0.717) is 5.92 Å². The average Bonchev–Trinajstić information content (AvgIpc) is 2.08. The minimum Gasteiger partial charge on any atom is -0.455 e. The van der Waals surface area contributed by atoms with E-state index in [0.717, 1.165) is 19.3 Å². The molecule has 0 amide bonds. The van der Waals surface area contributed by atoms with Crippen molar-refractivity contribution < 1.29 is 9.53 Å². The number of esters is 1. The fraction of sp³-hybridized carbons (Fsp3) is 0.727. The Morgan fingerprint density at radius 1 is 1.62 bits per heavy atom. The molecule has 0 aliphatic heterocycles. The molecule has 0 bridgehead atoms. The molecule has 2 heteroatoms. The molecule has 2 atom stereocenters. The fourth-order valence-electron chi connectivity index (χ4n) is 2.11. The summed E-state index contributed by atoms with van der Waals surface area (Å²) >= 11 is 0. The van der Waals surface area contributed by atoms with E-state index in [1.165, 1.54) is 13.3 Å². The van der Waals surface area contributed by atoms with Crippen molar-refractivity contribution in [2.45, 2.75) is 45.1 Å². The molecule has 1 saturated carbocycles. The molecule has 13 heavy (non-hydrogen) atoms. The molecule has 0 unspecified atom stereocenters. The summed E-state index contributed by atoms with van der Waals surface area (Å²) in [6.07, 6.45) is 6.22. The van der Waals surface area contributed by atoms with Crippen molar-refractivity contribution in [1.82, 2.24) is 0 Å². The highest BCUT2D eigenvalue weighted by Crippen LogP contribution is 2.37. The van der Waals surface area contributed by atoms with Gasteiger partial charge in [0.05, 0.1) is 0 Å². The van der Waals surface area contributed by atoms with Crippen molar-refractivity contribution in [2.75, 3.05) is 0 Å². The Kier molecular flexibility index (Phi) is 3.12. The third-order valence-corrected chi connectivity index (χ3v) is 2.97. The predicted octanol–water partition coefficient (Wildman–Crippen LogP) is 2.68. The first-order chi connectivity index (χ1) is 6.10. The Morgan fingerprint density at radius 3 is 2.77 bits per heavy atom. The molecule has 0 radical (unpaired) electrons. The number of carbonyl (C=O) groups excluding carboxylic acids is 1. The minimum atomic E-state index is -0.385. The van der Waals surface area contributed by atoms with Crippen molar-refractivity contribution in [3.63, 3.8) is 0 Å². The van der Waals surface area contributed by atoms with Crippen molar-refractivity contribution in [1.29, 1.82) is 0 Å². The third-order valence-electron chi connectivity index (χ3n) is 2.97. The smallest absolute Gasteiger partial charge is 0.303 e. The SMILES string of the molecule is C=C[C@@]1(OC(C)=O)CCCC[C@H]1C. The van der Waals surface area contributed by atoms with Crippen LogP contribution in [0.15, 0.2) is 12.7 Å². The summed E-state index contributed by atoms with van der Waals surface area (Å²) in [6.45, 7) is 7.38. The number of hydrogen-bond donors (Lipinski definition) is 0. The van der Waals surface area contributed by atoms with Gasteiger partial charge >= 0.3 is 5.97 Å². The van der Waals surface area contributed by atoms with E-state index in [4.69, 9.17) is 4.74 Å². The summed E-state index contributed by atoms with van der Waals surface area (Å²) in [7, 11) is 0. The van der Waals surface area contributed by atoms with Gasteiger partial charge in [0.15, 0.2) is 0 Å². The highest BCUT2D eigenvalue weighted by atomic mass is 16.6. The second-order valence-corrected chi connectivity index (χ2v) is 3.90. The number of ether oxygens (including phenoxy) is 1. The summed E-state index contributed by atoms with van der Waals surface area (Å²) in [4.78, 5) is 11.0. The van der Waals surface area contributed by atoms with Crippen molar-refractivity contribution >= 4 is 5.97 Å². The maximum Gasteiger partial charge on any atom is 0.303 e. The van der Waals surface area contributed by atoms with Gasteiger partial charge in [-0.15, -0.1) is 0 Å². The fourth-order valence-corrected chi connectivity index (χ4v) is 2.11. The van der Waals surface area contributed by atoms with E-state index in [9.17, 15) is 4.79 Å². The molecule has 2 nitrogen and oxygen atoms in total. The molecule has 1 fully saturated rings. The average molecular weight is 182 g/mol. The largest absolute Gasteiger partial charge is 0.455 e. The maximum absolute atomic E-state index is 11.0. The van der Waals surface area contributed by atoms with Gasteiger partial charge in [0, 0.05) is 6.92 Å². The first-order valence-electron chi connectivity index (χ1n) is 4.94. The Labute approximate surface area is 80.0 Å². The van der Waals surface area contributed by atoms with Crippen molar-refractivity contribution in [3.05, 3.63) is 12.7 Å². The van der Waals surface area contributed by atoms with E-state index < -0.39 is 0 Å². The molecular weight excluding hydrogens is 164 g/mol. The molecule has 0 heterocycles. The minimum absolute atomic E-state index is 0.200. The van der Waals surface area contributed by atoms with Crippen LogP contribution in [0.25, 0.3) is 0 Å². The van der Waals surface area contributed by atoms with Crippen LogP contribution in [-0.2, 0) is 9.53 Å². The zero-order valence-corrected chi connectivity index (χ0v) is 8.51. The van der Waals surface area contributed by atoms with Crippen LogP contribution >= 0.6 is 0 Å². The van der Waals surface area contributed by atoms with Crippen LogP contribution in [0, 0.1) is 5.92 Å². The lowest BCUT2D eigenvalue weighted by molar-refractivity contribution is -0.159. The molecule has 1 aliphatic rings. The topological polar surface area (TPSA) is 26.3 Å². The highest BCUT2D eigenvalue weighted by Gasteiger charge is 2.38. The Balaban J connectivity index is 2.75. The summed E-state index contributed by atoms with van der Waals surface area (Å²) in [5.41, 5.74) is -0.385. The Hall–Kier alpha value is -0.790. The first-order valence-corrected chi connectivity index (χ1v) is 4.94. The molecule has 0 aromatic heterocycles. The van der Waals surface area contributed by atoms with Crippen LogP contribution < -0.4 is 0 Å². The van der Waals surface area contributed by atoms with Gasteiger partial charge < -0.3 is 4.74 Å². The van der Waals surface area contributed by atoms with E-state index in [1.54, 1.807) is 6.08 Å². The first kappa shape index (κ1) is 10.3. The van der Waals surface area contributed by atoms with Crippen LogP contribution in [0.5, 0.6) is 0 Å². The molecule has 1 rings (SSSR count). The molecule has 0 saturated heterocycles. The molecule has 74 valence electrons. The van der Waals surface area contributed by atoms with E-state index in [-0.39, 0.29) is 11.6 Å². The monoisotopic (exact) mass is 182 g/mol. The van der Waals surface area contributed by atoms with Crippen LogP contribution in [0.3, 0.4) is 0 Å². The lowest BCUT2D eigenvalue weighted by atomic mass is 9.76. The number of carbonyl (C=O) groups is 1. The van der Waals surface area contributed by atoms with Gasteiger partial charge in [0.2, 0.25) is 0 Å². The second-order valence-electron chi connectivity index (χ2n) is 3.90. The van der Waals surface area contributed by atoms with Crippen LogP contribution in [-0.4, -0.2) is 11.6 Å². The third kappa shape index (κ3) is 2.11. The second kappa shape index (κ2) is 3.95. The molecule has 0 N–H and O–H groups in total. The lowest BCUT2D eigenvalue weighted by Gasteiger charge is -2.39. The predicted molar refractivity (Wildman–Crippen MR) is 52.3 cm³/mol. The standard InChI is InChI=1S/C11H18O2/c1-4-11(13-10(3)12)8-6-5-7-9(11)2/h4,9H,1,5-8H2,2-3H3/t9-,11-/m1/s1. The molecule has 0 aromatic rings. The summed E-state index contributed by atoms with van der Waals surface area (Å²) in [5.74, 6) is 0.205. The van der Waals surface area contributed by atoms with Gasteiger partial charge in [-0.05, 0) is 31.3 Å². The van der Waals surface area contributed by atoms with Crippen LogP contribution in [0.4, 0.5) is 0 Å². The van der Waals surface area contributed by atoms with Gasteiger partial charge in [0.25, 0.3) is 0 Å². The number of hydrogen-bond acceptors (Lipinski definition) is 2. The van der Waals surface area contributed by atoms with E-state index in [2.05, 4.69) is 13.5 Å². The highest BCUT2D eigenvalue weighted by molar-refractivity contribution is 5.66. The van der Waals surface area contributed by atoms with Crippen LogP contribution in [0.1, 0.15) is 39.5 Å². The van der Waals surface area contributed by atoms with Gasteiger partial charge in [-0.25, -0.2) is 0 Å². The summed E-state index contributed by atoms with van der Waals surface area (Å²) in [6, 6.07) is 0. The molecule has 0 spiro atoms. The molecule has 0 aromatic carbocycles. The zero-order chi connectivity index (χ0) is 9.90. The van der Waals surface area contributed by atoms with Gasteiger partial charge in [-0.3, -0.25) is 4.79 Å². The van der Waals surface area contributed by atoms with E-state index >= 15 is 0 Å². The quantitative estimate of drug-likeness (QED) is 0.485. The van der Waals surface area contributed by atoms with Crippen molar-refractivity contribution in [2.24, 2.45) is 5.92 Å². The number of rotatable bonds is 2. The Morgan fingerprint density at radius 2 is 2.31 bits per heavy atom. The van der Waals surface area contributed by atoms with Gasteiger partial charge in [-0.1, -0.05) is 19.9 Å². The van der Waals surface area contributed by atoms with E-state index in [1.807, 2.05) is 0 Å². The zero-order valence-electron chi connectivity index (χ0n) is 8.51. The normalized spacial score (nSPS) is 33.8. The van der Waals surface area contributed by atoms with Crippen molar-refractivity contribution in [3.8, 4) is 0 Å². The Bertz CT molecular complexity index is 210.